The number of nitrogens with one attached hydrogen (secondary N) is 2. The van der Waals surface area contributed by atoms with E-state index in [0.29, 0.717) is 16.7 Å². The number of carbonyl (C=O) groups is 2. The molecule has 0 radical (unpaired) electrons. The van der Waals surface area contributed by atoms with Crippen LogP contribution in [0.25, 0.3) is 11.0 Å². The van der Waals surface area contributed by atoms with Crippen LogP contribution >= 0.6 is 0 Å². The number of nitrogens with zero attached hydrogens (tertiary/aromatic N) is 2. The number of rotatable bonds is 5. The molecule has 0 aliphatic heterocycles. The van der Waals surface area contributed by atoms with Crippen LogP contribution in [0.2, 0.25) is 0 Å². The van der Waals surface area contributed by atoms with Crippen molar-refractivity contribution in [3.63, 3.8) is 0 Å². The summed E-state index contributed by atoms with van der Waals surface area (Å²) >= 11 is 0. The van der Waals surface area contributed by atoms with Crippen molar-refractivity contribution in [3.8, 4) is 0 Å². The Kier molecular flexibility index (Phi) is 6.58. The van der Waals surface area contributed by atoms with Crippen molar-refractivity contribution < 1.29 is 9.59 Å². The molecule has 1 aliphatic rings. The highest BCUT2D eigenvalue weighted by Gasteiger charge is 2.20. The number of hydrogen-bond acceptors (Lipinski definition) is 4. The summed E-state index contributed by atoms with van der Waals surface area (Å²) in [5.41, 5.74) is 3.37. The van der Waals surface area contributed by atoms with Gasteiger partial charge in [0.15, 0.2) is 0 Å². The zero-order chi connectivity index (χ0) is 23.5. The van der Waals surface area contributed by atoms with Crippen molar-refractivity contribution in [2.45, 2.75) is 65.5 Å². The third kappa shape index (κ3) is 5.30. The summed E-state index contributed by atoms with van der Waals surface area (Å²) in [6, 6.07) is 9.31. The molecule has 2 amide bonds. The molecule has 0 saturated heterocycles. The van der Waals surface area contributed by atoms with Gasteiger partial charge in [-0.05, 0) is 69.0 Å². The van der Waals surface area contributed by atoms with Gasteiger partial charge in [-0.15, -0.1) is 0 Å². The number of benzene rings is 1. The Morgan fingerprint density at radius 2 is 1.73 bits per heavy atom. The summed E-state index contributed by atoms with van der Waals surface area (Å²) in [6.07, 6.45) is 6.87. The van der Waals surface area contributed by atoms with E-state index in [-0.39, 0.29) is 24.1 Å². The van der Waals surface area contributed by atoms with E-state index in [2.05, 4.69) is 15.6 Å². The number of pyridine rings is 2. The number of aromatic nitrogens is 2. The molecule has 1 aliphatic carbocycles. The molecule has 7 heteroatoms. The minimum Gasteiger partial charge on any atom is -0.352 e. The van der Waals surface area contributed by atoms with Crippen molar-refractivity contribution in [1.29, 1.82) is 0 Å². The summed E-state index contributed by atoms with van der Waals surface area (Å²) < 4.78 is 1.61. The molecular formula is C26H30N4O3. The lowest BCUT2D eigenvalue weighted by Gasteiger charge is -2.23. The third-order valence-electron chi connectivity index (χ3n) is 6.07. The van der Waals surface area contributed by atoms with E-state index < -0.39 is 11.3 Å². The van der Waals surface area contributed by atoms with Gasteiger partial charge in [0.2, 0.25) is 11.3 Å². The first kappa shape index (κ1) is 22.7. The summed E-state index contributed by atoms with van der Waals surface area (Å²) in [5, 5.41) is 6.24. The number of hydrogen-bond donors (Lipinski definition) is 2. The van der Waals surface area contributed by atoms with Gasteiger partial charge in [-0.25, -0.2) is 4.98 Å². The summed E-state index contributed by atoms with van der Waals surface area (Å²) in [4.78, 5) is 43.5. The van der Waals surface area contributed by atoms with Crippen LogP contribution in [-0.2, 0) is 11.3 Å². The van der Waals surface area contributed by atoms with Crippen LogP contribution in [0.5, 0.6) is 0 Å². The van der Waals surface area contributed by atoms with Gasteiger partial charge in [0, 0.05) is 23.6 Å². The second-order valence-corrected chi connectivity index (χ2v) is 9.06. The first-order valence-corrected chi connectivity index (χ1v) is 11.5. The van der Waals surface area contributed by atoms with Crippen LogP contribution in [0.4, 0.5) is 5.69 Å². The Morgan fingerprint density at radius 3 is 2.42 bits per heavy atom. The van der Waals surface area contributed by atoms with E-state index in [9.17, 15) is 14.4 Å². The average Bonchev–Trinajstić information content (AvgIpc) is 2.75. The Labute approximate surface area is 193 Å². The molecule has 1 aromatic carbocycles. The van der Waals surface area contributed by atoms with Crippen LogP contribution in [0.15, 0.2) is 41.3 Å². The first-order valence-electron chi connectivity index (χ1n) is 11.5. The SMILES string of the molecule is Cc1cc(C)cc(NC(=O)c2cn(CC(=O)NC3CCCCC3)c3nc(C)ccc3c2=O)c1. The fourth-order valence-corrected chi connectivity index (χ4v) is 4.56. The van der Waals surface area contributed by atoms with Crippen LogP contribution < -0.4 is 16.1 Å². The molecule has 7 nitrogen and oxygen atoms in total. The van der Waals surface area contributed by atoms with Crippen molar-refractivity contribution >= 4 is 28.5 Å². The van der Waals surface area contributed by atoms with Crippen molar-refractivity contribution in [3.05, 3.63) is 69.1 Å². The van der Waals surface area contributed by atoms with Crippen molar-refractivity contribution in [2.24, 2.45) is 0 Å². The molecule has 0 spiro atoms. The molecule has 0 atom stereocenters. The standard InChI is InChI=1S/C26H30N4O3/c1-16-11-17(2)13-20(12-16)29-26(33)22-14-30(15-23(31)28-19-7-5-4-6-8-19)25-21(24(22)32)10-9-18(3)27-25/h9-14,19H,4-8,15H2,1-3H3,(H,28,31)(H,29,33). The number of amides is 2. The number of fused-ring (bicyclic) bond motifs is 1. The summed E-state index contributed by atoms with van der Waals surface area (Å²) in [7, 11) is 0. The van der Waals surface area contributed by atoms with Gasteiger partial charge in [-0.1, -0.05) is 25.3 Å². The van der Waals surface area contributed by atoms with E-state index in [4.69, 9.17) is 0 Å². The quantitative estimate of drug-likeness (QED) is 0.619. The van der Waals surface area contributed by atoms with Gasteiger partial charge < -0.3 is 15.2 Å². The van der Waals surface area contributed by atoms with Crippen molar-refractivity contribution in [2.75, 3.05) is 5.32 Å². The van der Waals surface area contributed by atoms with Gasteiger partial charge in [-0.3, -0.25) is 14.4 Å². The molecule has 2 N–H and O–H groups in total. The smallest absolute Gasteiger partial charge is 0.261 e. The fourth-order valence-electron chi connectivity index (χ4n) is 4.56. The zero-order valence-electron chi connectivity index (χ0n) is 19.4. The maximum atomic E-state index is 13.1. The van der Waals surface area contributed by atoms with E-state index in [1.807, 2.05) is 39.0 Å². The Bertz CT molecular complexity index is 1250. The molecule has 1 saturated carbocycles. The lowest BCUT2D eigenvalue weighted by Crippen LogP contribution is -2.38. The Hall–Kier alpha value is -3.48. The second-order valence-electron chi connectivity index (χ2n) is 9.06. The largest absolute Gasteiger partial charge is 0.352 e. The lowest BCUT2D eigenvalue weighted by atomic mass is 9.95. The number of carbonyl (C=O) groups excluding carboxylic acids is 2. The molecule has 172 valence electrons. The molecule has 1 fully saturated rings. The van der Waals surface area contributed by atoms with E-state index in [1.165, 1.54) is 12.6 Å². The monoisotopic (exact) mass is 446 g/mol. The Balaban J connectivity index is 1.67. The average molecular weight is 447 g/mol. The predicted octanol–water partition coefficient (Wildman–Crippen LogP) is 4.02. The van der Waals surface area contributed by atoms with Crippen LogP contribution in [-0.4, -0.2) is 27.4 Å². The second kappa shape index (κ2) is 9.57. The minimum atomic E-state index is -0.506. The highest BCUT2D eigenvalue weighted by atomic mass is 16.2. The molecule has 4 rings (SSSR count). The van der Waals surface area contributed by atoms with Crippen LogP contribution in [0.3, 0.4) is 0 Å². The van der Waals surface area contributed by atoms with E-state index >= 15 is 0 Å². The highest BCUT2D eigenvalue weighted by molar-refractivity contribution is 6.05. The van der Waals surface area contributed by atoms with Gasteiger partial charge >= 0.3 is 0 Å². The van der Waals surface area contributed by atoms with Crippen LogP contribution in [0, 0.1) is 20.8 Å². The molecular weight excluding hydrogens is 416 g/mol. The third-order valence-corrected chi connectivity index (χ3v) is 6.07. The molecule has 2 heterocycles. The summed E-state index contributed by atoms with van der Waals surface area (Å²) in [5.74, 6) is -0.648. The highest BCUT2D eigenvalue weighted by Crippen LogP contribution is 2.18. The maximum absolute atomic E-state index is 13.1. The first-order chi connectivity index (χ1) is 15.8. The van der Waals surface area contributed by atoms with Gasteiger partial charge in [0.25, 0.3) is 5.91 Å². The van der Waals surface area contributed by atoms with Gasteiger partial charge in [0.1, 0.15) is 17.8 Å². The van der Waals surface area contributed by atoms with E-state index in [1.54, 1.807) is 16.7 Å². The normalized spacial score (nSPS) is 14.3. The molecule has 0 bridgehead atoms. The van der Waals surface area contributed by atoms with Crippen LogP contribution in [0.1, 0.15) is 59.3 Å². The van der Waals surface area contributed by atoms with Crippen molar-refractivity contribution in [1.82, 2.24) is 14.9 Å². The summed E-state index contributed by atoms with van der Waals surface area (Å²) in [6.45, 7) is 5.72. The molecule has 3 aromatic rings. The predicted molar refractivity (Wildman–Crippen MR) is 130 cm³/mol. The lowest BCUT2D eigenvalue weighted by molar-refractivity contribution is -0.122. The molecule has 0 unspecified atom stereocenters. The molecule has 2 aromatic heterocycles. The number of aryl methyl sites for hydroxylation is 3. The molecule has 33 heavy (non-hydrogen) atoms. The Morgan fingerprint density at radius 1 is 1.03 bits per heavy atom. The fraction of sp³-hybridized carbons (Fsp3) is 0.385. The van der Waals surface area contributed by atoms with Gasteiger partial charge in [-0.2, -0.15) is 0 Å². The van der Waals surface area contributed by atoms with Gasteiger partial charge in [0.05, 0.1) is 5.39 Å². The zero-order valence-corrected chi connectivity index (χ0v) is 19.4. The minimum absolute atomic E-state index is 0.00638. The maximum Gasteiger partial charge on any atom is 0.261 e. The van der Waals surface area contributed by atoms with E-state index in [0.717, 1.165) is 42.5 Å². The topological polar surface area (TPSA) is 93.1 Å². The number of anilines is 1.